The lowest BCUT2D eigenvalue weighted by Crippen LogP contribution is -2.31. The summed E-state index contributed by atoms with van der Waals surface area (Å²) in [4.78, 5) is 12.3. The van der Waals surface area contributed by atoms with Crippen molar-refractivity contribution in [2.24, 2.45) is 0 Å². The minimum atomic E-state index is -0.465. The van der Waals surface area contributed by atoms with Crippen LogP contribution in [0.4, 0.5) is 11.4 Å². The van der Waals surface area contributed by atoms with E-state index < -0.39 is 6.04 Å². The standard InChI is InChI=1S/C16H14Cl2N2O3/c1-9(16(21)20-13-5-10(17)4-11(18)6-13)19-12-2-3-14-15(7-12)23-8-22-14/h2-7,9,19H,8H2,1H3,(H,20,21)/t9-/m1/s1. The summed E-state index contributed by atoms with van der Waals surface area (Å²) in [7, 11) is 0. The van der Waals surface area contributed by atoms with Gasteiger partial charge in [0.1, 0.15) is 6.04 Å². The van der Waals surface area contributed by atoms with Crippen LogP contribution in [0.25, 0.3) is 0 Å². The van der Waals surface area contributed by atoms with Gasteiger partial charge in [0.15, 0.2) is 11.5 Å². The molecule has 0 aliphatic carbocycles. The first-order chi connectivity index (χ1) is 11.0. The Balaban J connectivity index is 1.65. The lowest BCUT2D eigenvalue weighted by atomic mass is 10.2. The van der Waals surface area contributed by atoms with Crippen LogP contribution in [0.5, 0.6) is 11.5 Å². The number of ether oxygens (including phenoxy) is 2. The van der Waals surface area contributed by atoms with E-state index in [9.17, 15) is 4.79 Å². The van der Waals surface area contributed by atoms with E-state index in [0.29, 0.717) is 27.2 Å². The summed E-state index contributed by atoms with van der Waals surface area (Å²) in [6.45, 7) is 1.97. The van der Waals surface area contributed by atoms with Crippen molar-refractivity contribution < 1.29 is 14.3 Å². The van der Waals surface area contributed by atoms with Gasteiger partial charge in [-0.15, -0.1) is 0 Å². The van der Waals surface area contributed by atoms with Crippen molar-refractivity contribution in [1.82, 2.24) is 0 Å². The molecule has 0 saturated carbocycles. The van der Waals surface area contributed by atoms with E-state index in [1.807, 2.05) is 6.07 Å². The van der Waals surface area contributed by atoms with Crippen molar-refractivity contribution in [3.05, 3.63) is 46.4 Å². The fraction of sp³-hybridized carbons (Fsp3) is 0.188. The topological polar surface area (TPSA) is 59.6 Å². The Kier molecular flexibility index (Phi) is 4.50. The minimum absolute atomic E-state index is 0.207. The SMILES string of the molecule is C[C@@H](Nc1ccc2c(c1)OCO2)C(=O)Nc1cc(Cl)cc(Cl)c1. The van der Waals surface area contributed by atoms with E-state index in [-0.39, 0.29) is 12.7 Å². The number of amides is 1. The van der Waals surface area contributed by atoms with Crippen LogP contribution in [0.3, 0.4) is 0 Å². The molecule has 1 heterocycles. The highest BCUT2D eigenvalue weighted by Crippen LogP contribution is 2.34. The molecular weight excluding hydrogens is 339 g/mol. The van der Waals surface area contributed by atoms with Crippen LogP contribution in [-0.2, 0) is 4.79 Å². The normalized spacial score (nSPS) is 13.5. The fourth-order valence-electron chi connectivity index (χ4n) is 2.18. The van der Waals surface area contributed by atoms with Gasteiger partial charge in [-0.3, -0.25) is 4.79 Å². The molecule has 23 heavy (non-hydrogen) atoms. The van der Waals surface area contributed by atoms with Crippen LogP contribution in [0.15, 0.2) is 36.4 Å². The summed E-state index contributed by atoms with van der Waals surface area (Å²) in [5, 5.41) is 6.80. The molecule has 7 heteroatoms. The molecule has 2 aromatic rings. The Labute approximate surface area is 143 Å². The molecule has 0 radical (unpaired) electrons. The number of anilines is 2. The third kappa shape index (κ3) is 3.81. The first-order valence-electron chi connectivity index (χ1n) is 6.94. The predicted octanol–water partition coefficient (Wildman–Crippen LogP) is 4.16. The molecule has 1 atom stereocenters. The van der Waals surface area contributed by atoms with Crippen molar-refractivity contribution in [1.29, 1.82) is 0 Å². The number of halogens is 2. The smallest absolute Gasteiger partial charge is 0.246 e. The summed E-state index contributed by atoms with van der Waals surface area (Å²) in [5.74, 6) is 1.14. The first-order valence-corrected chi connectivity index (χ1v) is 7.70. The molecule has 0 spiro atoms. The Bertz CT molecular complexity index is 732. The van der Waals surface area contributed by atoms with E-state index in [1.165, 1.54) is 0 Å². The molecule has 2 aromatic carbocycles. The summed E-state index contributed by atoms with van der Waals surface area (Å²) in [5.41, 5.74) is 1.31. The zero-order valence-electron chi connectivity index (χ0n) is 12.2. The Morgan fingerprint density at radius 3 is 2.48 bits per heavy atom. The highest BCUT2D eigenvalue weighted by molar-refractivity contribution is 6.35. The van der Waals surface area contributed by atoms with Crippen LogP contribution in [0.1, 0.15) is 6.92 Å². The van der Waals surface area contributed by atoms with E-state index in [1.54, 1.807) is 37.3 Å². The number of hydrogen-bond donors (Lipinski definition) is 2. The zero-order valence-corrected chi connectivity index (χ0v) is 13.7. The highest BCUT2D eigenvalue weighted by Gasteiger charge is 2.17. The van der Waals surface area contributed by atoms with Gasteiger partial charge in [0.2, 0.25) is 12.7 Å². The van der Waals surface area contributed by atoms with E-state index in [2.05, 4.69) is 10.6 Å². The summed E-state index contributed by atoms with van der Waals surface area (Å²) in [6, 6.07) is 9.83. The maximum atomic E-state index is 12.3. The average Bonchev–Trinajstić information content (AvgIpc) is 2.93. The monoisotopic (exact) mass is 352 g/mol. The average molecular weight is 353 g/mol. The van der Waals surface area contributed by atoms with Crippen molar-refractivity contribution in [2.75, 3.05) is 17.4 Å². The fourth-order valence-corrected chi connectivity index (χ4v) is 2.70. The molecule has 1 aliphatic rings. The third-order valence-corrected chi connectivity index (χ3v) is 3.72. The largest absolute Gasteiger partial charge is 0.454 e. The number of fused-ring (bicyclic) bond motifs is 1. The van der Waals surface area contributed by atoms with Crippen molar-refractivity contribution in [2.45, 2.75) is 13.0 Å². The van der Waals surface area contributed by atoms with Crippen molar-refractivity contribution >= 4 is 40.5 Å². The van der Waals surface area contributed by atoms with Gasteiger partial charge < -0.3 is 20.1 Å². The van der Waals surface area contributed by atoms with E-state index in [0.717, 1.165) is 5.69 Å². The van der Waals surface area contributed by atoms with Crippen LogP contribution in [0.2, 0.25) is 10.0 Å². The lowest BCUT2D eigenvalue weighted by Gasteiger charge is -2.16. The molecule has 1 aliphatic heterocycles. The van der Waals surface area contributed by atoms with Gasteiger partial charge in [0.05, 0.1) is 0 Å². The molecule has 0 unspecified atom stereocenters. The summed E-state index contributed by atoms with van der Waals surface area (Å²) < 4.78 is 10.6. The minimum Gasteiger partial charge on any atom is -0.454 e. The Morgan fingerprint density at radius 2 is 1.74 bits per heavy atom. The van der Waals surface area contributed by atoms with Gasteiger partial charge >= 0.3 is 0 Å². The molecule has 120 valence electrons. The van der Waals surface area contributed by atoms with Crippen molar-refractivity contribution in [3.8, 4) is 11.5 Å². The third-order valence-electron chi connectivity index (χ3n) is 3.28. The predicted molar refractivity (Wildman–Crippen MR) is 90.7 cm³/mol. The van der Waals surface area contributed by atoms with Gasteiger partial charge in [-0.1, -0.05) is 23.2 Å². The van der Waals surface area contributed by atoms with E-state index >= 15 is 0 Å². The van der Waals surface area contributed by atoms with Crippen LogP contribution >= 0.6 is 23.2 Å². The van der Waals surface area contributed by atoms with Crippen LogP contribution in [0, 0.1) is 0 Å². The summed E-state index contributed by atoms with van der Waals surface area (Å²) >= 11 is 11.8. The quantitative estimate of drug-likeness (QED) is 0.867. The van der Waals surface area contributed by atoms with Gasteiger partial charge in [-0.25, -0.2) is 0 Å². The zero-order chi connectivity index (χ0) is 16.4. The second kappa shape index (κ2) is 6.56. The highest BCUT2D eigenvalue weighted by atomic mass is 35.5. The second-order valence-electron chi connectivity index (χ2n) is 5.08. The van der Waals surface area contributed by atoms with Gasteiger partial charge in [0.25, 0.3) is 0 Å². The molecular formula is C16H14Cl2N2O3. The first kappa shape index (κ1) is 15.8. The Morgan fingerprint density at radius 1 is 1.04 bits per heavy atom. The molecule has 0 saturated heterocycles. The Hall–Kier alpha value is -2.11. The number of carbonyl (C=O) groups is 1. The molecule has 5 nitrogen and oxygen atoms in total. The van der Waals surface area contributed by atoms with Crippen LogP contribution in [-0.4, -0.2) is 18.7 Å². The number of hydrogen-bond acceptors (Lipinski definition) is 4. The number of carbonyl (C=O) groups excluding carboxylic acids is 1. The second-order valence-corrected chi connectivity index (χ2v) is 5.95. The van der Waals surface area contributed by atoms with Gasteiger partial charge in [0, 0.05) is 27.5 Å². The molecule has 0 bridgehead atoms. The molecule has 1 amide bonds. The maximum Gasteiger partial charge on any atom is 0.246 e. The van der Waals surface area contributed by atoms with Gasteiger partial charge in [-0.05, 0) is 37.3 Å². The lowest BCUT2D eigenvalue weighted by molar-refractivity contribution is -0.116. The maximum absolute atomic E-state index is 12.3. The van der Waals surface area contributed by atoms with Crippen LogP contribution < -0.4 is 20.1 Å². The van der Waals surface area contributed by atoms with Crippen molar-refractivity contribution in [3.63, 3.8) is 0 Å². The number of benzene rings is 2. The number of rotatable bonds is 4. The molecule has 3 rings (SSSR count). The van der Waals surface area contributed by atoms with E-state index in [4.69, 9.17) is 32.7 Å². The van der Waals surface area contributed by atoms with Gasteiger partial charge in [-0.2, -0.15) is 0 Å². The summed E-state index contributed by atoms with van der Waals surface area (Å²) in [6.07, 6.45) is 0. The molecule has 0 aromatic heterocycles. The molecule has 0 fully saturated rings. The molecule has 2 N–H and O–H groups in total. The number of nitrogens with one attached hydrogen (secondary N) is 2.